The predicted molar refractivity (Wildman–Crippen MR) is 131 cm³/mol. The van der Waals surface area contributed by atoms with Gasteiger partial charge in [0.1, 0.15) is 0 Å². The zero-order valence-electron chi connectivity index (χ0n) is 17.5. The highest BCUT2D eigenvalue weighted by atomic mass is 35.5. The van der Waals surface area contributed by atoms with Crippen LogP contribution in [0.4, 0.5) is 0 Å². The highest BCUT2D eigenvalue weighted by molar-refractivity contribution is 6.36. The van der Waals surface area contributed by atoms with Crippen molar-refractivity contribution in [2.45, 2.75) is 31.7 Å². The lowest BCUT2D eigenvalue weighted by Gasteiger charge is -2.33. The lowest BCUT2D eigenvalue weighted by molar-refractivity contribution is 0.205. The van der Waals surface area contributed by atoms with E-state index in [9.17, 15) is 0 Å². The quantitative estimate of drug-likeness (QED) is 0.335. The number of nitrogens with zero attached hydrogens (tertiary/aromatic N) is 1. The first kappa shape index (κ1) is 20.6. The summed E-state index contributed by atoms with van der Waals surface area (Å²) in [4.78, 5) is 6.27. The molecule has 4 heteroatoms. The SMILES string of the molecule is Clc1cccc(Cl)c1C1CCN(Cc2c(Cc3ccccc3)[nH]c3ccccc23)CC1. The Bertz CT molecular complexity index is 1150. The van der Waals surface area contributed by atoms with Crippen molar-refractivity contribution in [1.82, 2.24) is 9.88 Å². The van der Waals surface area contributed by atoms with Gasteiger partial charge in [0, 0.05) is 39.6 Å². The summed E-state index contributed by atoms with van der Waals surface area (Å²) in [7, 11) is 0. The molecule has 0 unspecified atom stereocenters. The molecule has 0 atom stereocenters. The van der Waals surface area contributed by atoms with Gasteiger partial charge in [-0.2, -0.15) is 0 Å². The van der Waals surface area contributed by atoms with Gasteiger partial charge in [0.2, 0.25) is 0 Å². The van der Waals surface area contributed by atoms with Gasteiger partial charge in [-0.15, -0.1) is 0 Å². The third-order valence-electron chi connectivity index (χ3n) is 6.50. The number of hydrogen-bond donors (Lipinski definition) is 1. The van der Waals surface area contributed by atoms with Gasteiger partial charge in [-0.3, -0.25) is 4.90 Å². The molecule has 1 aromatic heterocycles. The van der Waals surface area contributed by atoms with E-state index in [2.05, 4.69) is 64.5 Å². The van der Waals surface area contributed by atoms with Crippen LogP contribution in [-0.2, 0) is 13.0 Å². The van der Waals surface area contributed by atoms with Crippen LogP contribution in [0.3, 0.4) is 0 Å². The Morgan fingerprint density at radius 1 is 0.806 bits per heavy atom. The van der Waals surface area contributed by atoms with Gasteiger partial charge in [-0.05, 0) is 66.7 Å². The fourth-order valence-corrected chi connectivity index (χ4v) is 5.60. The first-order valence-corrected chi connectivity index (χ1v) is 11.7. The molecule has 0 saturated carbocycles. The maximum Gasteiger partial charge on any atom is 0.0459 e. The molecule has 3 aromatic carbocycles. The standard InChI is InChI=1S/C27H26Cl2N2/c28-23-10-6-11-24(29)27(23)20-13-15-31(16-14-20)18-22-21-9-4-5-12-25(21)30-26(22)17-19-7-2-1-3-8-19/h1-12,20,30H,13-18H2. The van der Waals surface area contributed by atoms with Crippen molar-refractivity contribution in [3.63, 3.8) is 0 Å². The third-order valence-corrected chi connectivity index (χ3v) is 7.16. The summed E-state index contributed by atoms with van der Waals surface area (Å²) in [5, 5.41) is 2.94. The number of aromatic nitrogens is 1. The molecule has 31 heavy (non-hydrogen) atoms. The largest absolute Gasteiger partial charge is 0.358 e. The van der Waals surface area contributed by atoms with Gasteiger partial charge >= 0.3 is 0 Å². The molecular formula is C27H26Cl2N2. The van der Waals surface area contributed by atoms with Crippen molar-refractivity contribution in [2.24, 2.45) is 0 Å². The van der Waals surface area contributed by atoms with Crippen molar-refractivity contribution in [3.05, 3.63) is 105 Å². The first-order chi connectivity index (χ1) is 15.2. The first-order valence-electron chi connectivity index (χ1n) is 11.0. The number of likely N-dealkylation sites (tertiary alicyclic amines) is 1. The zero-order chi connectivity index (χ0) is 21.2. The lowest BCUT2D eigenvalue weighted by Crippen LogP contribution is -2.32. The van der Waals surface area contributed by atoms with Crippen LogP contribution in [0.15, 0.2) is 72.8 Å². The average molecular weight is 449 g/mol. The fraction of sp³-hybridized carbons (Fsp3) is 0.259. The molecule has 1 fully saturated rings. The Kier molecular flexibility index (Phi) is 6.04. The maximum absolute atomic E-state index is 6.48. The summed E-state index contributed by atoms with van der Waals surface area (Å²) in [6.45, 7) is 3.07. The Morgan fingerprint density at radius 3 is 2.23 bits per heavy atom. The van der Waals surface area contributed by atoms with Crippen LogP contribution in [0.5, 0.6) is 0 Å². The molecule has 0 aliphatic carbocycles. The van der Waals surface area contributed by atoms with Gasteiger partial charge in [0.15, 0.2) is 0 Å². The second kappa shape index (κ2) is 9.08. The minimum Gasteiger partial charge on any atom is -0.358 e. The van der Waals surface area contributed by atoms with Crippen LogP contribution >= 0.6 is 23.2 Å². The second-order valence-corrected chi connectivity index (χ2v) is 9.29. The van der Waals surface area contributed by atoms with E-state index < -0.39 is 0 Å². The van der Waals surface area contributed by atoms with E-state index in [0.29, 0.717) is 5.92 Å². The highest BCUT2D eigenvalue weighted by Crippen LogP contribution is 2.38. The minimum absolute atomic E-state index is 0.434. The van der Waals surface area contributed by atoms with E-state index in [0.717, 1.165) is 54.5 Å². The van der Waals surface area contributed by atoms with E-state index in [1.54, 1.807) is 0 Å². The summed E-state index contributed by atoms with van der Waals surface area (Å²) >= 11 is 13.0. The zero-order valence-corrected chi connectivity index (χ0v) is 19.0. The summed E-state index contributed by atoms with van der Waals surface area (Å²) in [6, 6.07) is 25.2. The number of rotatable bonds is 5. The van der Waals surface area contributed by atoms with Gasteiger partial charge in [0.25, 0.3) is 0 Å². The highest BCUT2D eigenvalue weighted by Gasteiger charge is 2.25. The van der Waals surface area contributed by atoms with E-state index in [4.69, 9.17) is 23.2 Å². The summed E-state index contributed by atoms with van der Waals surface area (Å²) in [6.07, 6.45) is 3.09. The third kappa shape index (κ3) is 4.39. The summed E-state index contributed by atoms with van der Waals surface area (Å²) < 4.78 is 0. The molecule has 2 heterocycles. The van der Waals surface area contributed by atoms with E-state index in [1.165, 1.54) is 27.7 Å². The normalized spacial score (nSPS) is 15.5. The Labute approximate surface area is 193 Å². The number of halogens is 2. The smallest absolute Gasteiger partial charge is 0.0459 e. The topological polar surface area (TPSA) is 19.0 Å². The van der Waals surface area contributed by atoms with Crippen molar-refractivity contribution < 1.29 is 0 Å². The van der Waals surface area contributed by atoms with Gasteiger partial charge in [0.05, 0.1) is 0 Å². The van der Waals surface area contributed by atoms with E-state index in [-0.39, 0.29) is 0 Å². The lowest BCUT2D eigenvalue weighted by atomic mass is 9.89. The van der Waals surface area contributed by atoms with Crippen LogP contribution in [0.2, 0.25) is 10.0 Å². The fourth-order valence-electron chi connectivity index (χ4n) is 4.89. The average Bonchev–Trinajstić information content (AvgIpc) is 3.12. The predicted octanol–water partition coefficient (Wildman–Crippen LogP) is 7.45. The Hall–Kier alpha value is -2.26. The maximum atomic E-state index is 6.48. The number of hydrogen-bond acceptors (Lipinski definition) is 1. The van der Waals surface area contributed by atoms with Gasteiger partial charge in [-0.1, -0.05) is 77.8 Å². The summed E-state index contributed by atoms with van der Waals surface area (Å²) in [5.41, 5.74) is 6.43. The molecule has 1 saturated heterocycles. The second-order valence-electron chi connectivity index (χ2n) is 8.48. The molecule has 5 rings (SSSR count). The van der Waals surface area contributed by atoms with Crippen LogP contribution in [0, 0.1) is 0 Å². The van der Waals surface area contributed by atoms with Gasteiger partial charge < -0.3 is 4.98 Å². The molecule has 4 aromatic rings. The molecule has 0 bridgehead atoms. The number of nitrogens with one attached hydrogen (secondary N) is 1. The Morgan fingerprint density at radius 2 is 1.48 bits per heavy atom. The number of fused-ring (bicyclic) bond motifs is 1. The molecule has 1 aliphatic rings. The van der Waals surface area contributed by atoms with Crippen LogP contribution in [0.25, 0.3) is 10.9 Å². The number of para-hydroxylation sites is 1. The molecule has 0 amide bonds. The number of benzene rings is 3. The van der Waals surface area contributed by atoms with Crippen LogP contribution in [0.1, 0.15) is 41.1 Å². The molecular weight excluding hydrogens is 423 g/mol. The van der Waals surface area contributed by atoms with Crippen molar-refractivity contribution >= 4 is 34.1 Å². The molecule has 0 spiro atoms. The minimum atomic E-state index is 0.434. The molecule has 2 nitrogen and oxygen atoms in total. The summed E-state index contributed by atoms with van der Waals surface area (Å²) in [5.74, 6) is 0.434. The number of aromatic amines is 1. The molecule has 0 radical (unpaired) electrons. The number of piperidine rings is 1. The van der Waals surface area contributed by atoms with Crippen molar-refractivity contribution in [1.29, 1.82) is 0 Å². The van der Waals surface area contributed by atoms with E-state index in [1.807, 2.05) is 18.2 Å². The molecule has 1 aliphatic heterocycles. The van der Waals surface area contributed by atoms with E-state index >= 15 is 0 Å². The molecule has 1 N–H and O–H groups in total. The monoisotopic (exact) mass is 448 g/mol. The number of H-pyrrole nitrogens is 1. The van der Waals surface area contributed by atoms with Crippen molar-refractivity contribution in [2.75, 3.05) is 13.1 Å². The van der Waals surface area contributed by atoms with Crippen molar-refractivity contribution in [3.8, 4) is 0 Å². The molecule has 158 valence electrons. The Balaban J connectivity index is 1.36. The van der Waals surface area contributed by atoms with Crippen LogP contribution in [-0.4, -0.2) is 23.0 Å². The van der Waals surface area contributed by atoms with Gasteiger partial charge in [-0.25, -0.2) is 0 Å². The van der Waals surface area contributed by atoms with Crippen LogP contribution < -0.4 is 0 Å².